The van der Waals surface area contributed by atoms with Crippen LogP contribution in [0.4, 0.5) is 0 Å². The van der Waals surface area contributed by atoms with Gasteiger partial charge >= 0.3 is 0 Å². The molecule has 1 aliphatic rings. The van der Waals surface area contributed by atoms with Gasteiger partial charge < -0.3 is 11.1 Å². The molecular formula is C16H35IN4. The monoisotopic (exact) mass is 410 g/mol. The highest BCUT2D eigenvalue weighted by molar-refractivity contribution is 14.0. The van der Waals surface area contributed by atoms with Gasteiger partial charge in [-0.3, -0.25) is 9.89 Å². The molecule has 1 saturated heterocycles. The lowest BCUT2D eigenvalue weighted by atomic mass is 9.99. The third-order valence-corrected chi connectivity index (χ3v) is 4.17. The van der Waals surface area contributed by atoms with Gasteiger partial charge in [0.1, 0.15) is 0 Å². The molecule has 1 heterocycles. The van der Waals surface area contributed by atoms with Crippen molar-refractivity contribution in [2.45, 2.75) is 65.3 Å². The van der Waals surface area contributed by atoms with Crippen molar-refractivity contribution in [3.05, 3.63) is 0 Å². The molecule has 126 valence electrons. The van der Waals surface area contributed by atoms with E-state index in [0.717, 1.165) is 19.0 Å². The predicted octanol–water partition coefficient (Wildman–Crippen LogP) is 3.21. The number of nitrogens with zero attached hydrogens (tertiary/aromatic N) is 2. The number of aliphatic imine (C=N–C) groups is 1. The van der Waals surface area contributed by atoms with Crippen LogP contribution in [-0.4, -0.2) is 43.1 Å². The summed E-state index contributed by atoms with van der Waals surface area (Å²) in [7, 11) is 0. The summed E-state index contributed by atoms with van der Waals surface area (Å²) in [6.45, 7) is 11.0. The molecule has 0 aromatic heterocycles. The number of hydrogen-bond acceptors (Lipinski definition) is 2. The summed E-state index contributed by atoms with van der Waals surface area (Å²) in [5.41, 5.74) is 5.91. The van der Waals surface area contributed by atoms with E-state index >= 15 is 0 Å². The van der Waals surface area contributed by atoms with Crippen molar-refractivity contribution in [3.63, 3.8) is 0 Å². The van der Waals surface area contributed by atoms with E-state index in [9.17, 15) is 0 Å². The molecular weight excluding hydrogens is 375 g/mol. The molecule has 5 heteroatoms. The minimum atomic E-state index is 0. The van der Waals surface area contributed by atoms with Gasteiger partial charge in [0.15, 0.2) is 5.96 Å². The van der Waals surface area contributed by atoms with Gasteiger partial charge in [0.2, 0.25) is 0 Å². The van der Waals surface area contributed by atoms with Crippen LogP contribution in [0.25, 0.3) is 0 Å². The number of hydrogen-bond donors (Lipinski definition) is 2. The molecule has 0 aromatic carbocycles. The summed E-state index contributed by atoms with van der Waals surface area (Å²) in [5.74, 6) is 1.43. The zero-order valence-corrected chi connectivity index (χ0v) is 16.4. The Bertz CT molecular complexity index is 283. The second-order valence-electron chi connectivity index (χ2n) is 6.30. The fourth-order valence-electron chi connectivity index (χ4n) is 2.80. The second-order valence-corrected chi connectivity index (χ2v) is 6.30. The Morgan fingerprint density at radius 2 is 2.14 bits per heavy atom. The van der Waals surface area contributed by atoms with E-state index in [1.807, 2.05) is 0 Å². The summed E-state index contributed by atoms with van der Waals surface area (Å²) < 4.78 is 0. The summed E-state index contributed by atoms with van der Waals surface area (Å²) in [4.78, 5) is 7.03. The van der Waals surface area contributed by atoms with Gasteiger partial charge in [-0.1, -0.05) is 33.1 Å². The molecule has 2 atom stereocenters. The lowest BCUT2D eigenvalue weighted by molar-refractivity contribution is 0.142. The molecule has 1 aliphatic heterocycles. The van der Waals surface area contributed by atoms with Gasteiger partial charge in [0, 0.05) is 19.1 Å². The van der Waals surface area contributed by atoms with E-state index in [1.54, 1.807) is 0 Å². The number of rotatable bonds is 8. The van der Waals surface area contributed by atoms with Gasteiger partial charge in [-0.25, -0.2) is 0 Å². The summed E-state index contributed by atoms with van der Waals surface area (Å²) in [6.07, 6.45) is 7.73. The topological polar surface area (TPSA) is 53.6 Å². The highest BCUT2D eigenvalue weighted by Crippen LogP contribution is 2.17. The van der Waals surface area contributed by atoms with Crippen molar-refractivity contribution in [1.82, 2.24) is 10.2 Å². The largest absolute Gasteiger partial charge is 0.370 e. The van der Waals surface area contributed by atoms with Crippen LogP contribution in [0.1, 0.15) is 59.3 Å². The van der Waals surface area contributed by atoms with Crippen molar-refractivity contribution in [1.29, 1.82) is 0 Å². The Labute approximate surface area is 148 Å². The molecule has 0 aromatic rings. The Morgan fingerprint density at radius 1 is 1.38 bits per heavy atom. The Balaban J connectivity index is 0.00000400. The number of guanidine groups is 1. The number of unbranched alkanes of at least 4 members (excludes halogenated alkanes) is 3. The molecule has 0 radical (unpaired) electrons. The van der Waals surface area contributed by atoms with Crippen LogP contribution in [0.3, 0.4) is 0 Å². The van der Waals surface area contributed by atoms with Crippen LogP contribution in [-0.2, 0) is 0 Å². The predicted molar refractivity (Wildman–Crippen MR) is 103 cm³/mol. The molecule has 21 heavy (non-hydrogen) atoms. The molecule has 4 nitrogen and oxygen atoms in total. The van der Waals surface area contributed by atoms with Crippen molar-refractivity contribution in [3.8, 4) is 0 Å². The maximum absolute atomic E-state index is 5.91. The first-order valence-electron chi connectivity index (χ1n) is 8.41. The standard InChI is InChI=1S/C16H34N4.HI/c1-4-5-6-7-10-18-16(17)19-12-15(3)20-11-8-9-14(2)13-20;/h14-15H,4-13H2,1-3H3,(H3,17,18,19);1H. The van der Waals surface area contributed by atoms with E-state index < -0.39 is 0 Å². The molecule has 1 rings (SSSR count). The average molecular weight is 410 g/mol. The lowest BCUT2D eigenvalue weighted by Crippen LogP contribution is -2.43. The first-order chi connectivity index (χ1) is 9.63. The lowest BCUT2D eigenvalue weighted by Gasteiger charge is -2.34. The summed E-state index contributed by atoms with van der Waals surface area (Å²) in [6, 6.07) is 0.498. The highest BCUT2D eigenvalue weighted by Gasteiger charge is 2.20. The van der Waals surface area contributed by atoms with Gasteiger partial charge in [0.25, 0.3) is 0 Å². The summed E-state index contributed by atoms with van der Waals surface area (Å²) >= 11 is 0. The van der Waals surface area contributed by atoms with Crippen LogP contribution in [0, 0.1) is 5.92 Å². The van der Waals surface area contributed by atoms with E-state index in [2.05, 4.69) is 36.0 Å². The minimum Gasteiger partial charge on any atom is -0.370 e. The van der Waals surface area contributed by atoms with Crippen LogP contribution in [0.15, 0.2) is 4.99 Å². The van der Waals surface area contributed by atoms with Gasteiger partial charge in [-0.05, 0) is 38.6 Å². The van der Waals surface area contributed by atoms with Crippen molar-refractivity contribution in [2.24, 2.45) is 16.6 Å². The third-order valence-electron chi connectivity index (χ3n) is 4.17. The van der Waals surface area contributed by atoms with Crippen LogP contribution >= 0.6 is 24.0 Å². The molecule has 0 aliphatic carbocycles. The number of likely N-dealkylation sites (tertiary alicyclic amines) is 1. The van der Waals surface area contributed by atoms with Crippen molar-refractivity contribution >= 4 is 29.9 Å². The molecule has 0 bridgehead atoms. The maximum atomic E-state index is 5.91. The van der Waals surface area contributed by atoms with Crippen molar-refractivity contribution < 1.29 is 0 Å². The third kappa shape index (κ3) is 9.55. The zero-order valence-electron chi connectivity index (χ0n) is 14.1. The van der Waals surface area contributed by atoms with E-state index in [4.69, 9.17) is 5.73 Å². The fraction of sp³-hybridized carbons (Fsp3) is 0.938. The number of halogens is 1. The van der Waals surface area contributed by atoms with Crippen LogP contribution in [0.2, 0.25) is 0 Å². The van der Waals surface area contributed by atoms with Crippen molar-refractivity contribution in [2.75, 3.05) is 26.2 Å². The Kier molecular flexibility index (Phi) is 12.5. The van der Waals surface area contributed by atoms with E-state index in [-0.39, 0.29) is 24.0 Å². The molecule has 0 amide bonds. The minimum absolute atomic E-state index is 0. The molecule has 0 spiro atoms. The maximum Gasteiger partial charge on any atom is 0.188 e. The number of piperidine rings is 1. The normalized spacial score (nSPS) is 21.7. The average Bonchev–Trinajstić information content (AvgIpc) is 2.44. The number of nitrogens with two attached hydrogens (primary N) is 1. The summed E-state index contributed by atoms with van der Waals surface area (Å²) in [5, 5.41) is 3.22. The quantitative estimate of drug-likeness (QED) is 0.280. The molecule has 3 N–H and O–H groups in total. The highest BCUT2D eigenvalue weighted by atomic mass is 127. The first-order valence-corrected chi connectivity index (χ1v) is 8.41. The van der Waals surface area contributed by atoms with Crippen LogP contribution < -0.4 is 11.1 Å². The first kappa shape index (κ1) is 21.0. The van der Waals surface area contributed by atoms with Crippen LogP contribution in [0.5, 0.6) is 0 Å². The molecule has 1 fully saturated rings. The van der Waals surface area contributed by atoms with E-state index in [0.29, 0.717) is 12.0 Å². The Morgan fingerprint density at radius 3 is 2.81 bits per heavy atom. The van der Waals surface area contributed by atoms with Gasteiger partial charge in [-0.2, -0.15) is 0 Å². The van der Waals surface area contributed by atoms with Gasteiger partial charge in [-0.15, -0.1) is 24.0 Å². The Hall–Kier alpha value is -0.0400. The zero-order chi connectivity index (χ0) is 14.8. The molecule has 0 saturated carbocycles. The molecule has 2 unspecified atom stereocenters. The fourth-order valence-corrected chi connectivity index (χ4v) is 2.80. The number of nitrogens with one attached hydrogen (secondary N) is 1. The van der Waals surface area contributed by atoms with E-state index in [1.165, 1.54) is 51.6 Å². The second kappa shape index (κ2) is 12.5. The smallest absolute Gasteiger partial charge is 0.188 e. The van der Waals surface area contributed by atoms with Gasteiger partial charge in [0.05, 0.1) is 6.54 Å². The SMILES string of the molecule is CCCCCCNC(N)=NCC(C)N1CCCC(C)C1.I.